The molecule has 0 fully saturated rings. The van der Waals surface area contributed by atoms with E-state index in [0.29, 0.717) is 0 Å². The van der Waals surface area contributed by atoms with Crippen LogP contribution in [0.25, 0.3) is 15.9 Å². The first-order chi connectivity index (χ1) is 10.6. The van der Waals surface area contributed by atoms with Gasteiger partial charge in [0, 0.05) is 7.05 Å². The van der Waals surface area contributed by atoms with Gasteiger partial charge in [-0.1, -0.05) is 42.2 Å². The Balaban J connectivity index is 1.90. The van der Waals surface area contributed by atoms with Crippen LogP contribution >= 0.6 is 11.3 Å². The molecular formula is C18H19N3S. The molecule has 0 aliphatic carbocycles. The molecule has 2 aromatic carbocycles. The van der Waals surface area contributed by atoms with Gasteiger partial charge in [0.05, 0.1) is 15.9 Å². The van der Waals surface area contributed by atoms with E-state index in [9.17, 15) is 0 Å². The van der Waals surface area contributed by atoms with Crippen molar-refractivity contribution in [1.82, 2.24) is 9.99 Å². The number of benzene rings is 2. The second-order valence-electron chi connectivity index (χ2n) is 5.41. The van der Waals surface area contributed by atoms with Gasteiger partial charge in [0.25, 0.3) is 0 Å². The minimum absolute atomic E-state index is 0.806. The van der Waals surface area contributed by atoms with Gasteiger partial charge < -0.3 is 4.57 Å². The first-order valence-electron chi connectivity index (χ1n) is 7.17. The molecule has 22 heavy (non-hydrogen) atoms. The number of hydrogen-bond donors (Lipinski definition) is 1. The molecule has 0 spiro atoms. The second-order valence-corrected chi connectivity index (χ2v) is 6.42. The van der Waals surface area contributed by atoms with E-state index in [2.05, 4.69) is 65.9 Å². The predicted octanol–water partition coefficient (Wildman–Crippen LogP) is 3.93. The Morgan fingerprint density at radius 1 is 1.14 bits per heavy atom. The lowest BCUT2D eigenvalue weighted by atomic mass is 10.1. The monoisotopic (exact) mass is 309 g/mol. The van der Waals surface area contributed by atoms with Gasteiger partial charge in [0.2, 0.25) is 4.80 Å². The second kappa shape index (κ2) is 5.81. The van der Waals surface area contributed by atoms with Gasteiger partial charge in [-0.05, 0) is 48.7 Å². The molecule has 1 N–H and O–H groups in total. The van der Waals surface area contributed by atoms with Crippen LogP contribution in [-0.4, -0.2) is 4.57 Å². The van der Waals surface area contributed by atoms with Crippen molar-refractivity contribution in [1.29, 1.82) is 0 Å². The fourth-order valence-electron chi connectivity index (χ4n) is 2.30. The molecule has 0 atom stereocenters. The lowest BCUT2D eigenvalue weighted by Crippen LogP contribution is -2.16. The van der Waals surface area contributed by atoms with E-state index in [1.165, 1.54) is 21.3 Å². The van der Waals surface area contributed by atoms with Gasteiger partial charge in [-0.2, -0.15) is 0 Å². The summed E-state index contributed by atoms with van der Waals surface area (Å²) in [6.07, 6.45) is 0. The number of rotatable bonds is 3. The van der Waals surface area contributed by atoms with Crippen molar-refractivity contribution >= 4 is 27.3 Å². The summed E-state index contributed by atoms with van der Waals surface area (Å²) in [7, 11) is 2.03. The van der Waals surface area contributed by atoms with Crippen molar-refractivity contribution in [2.75, 3.05) is 0 Å². The van der Waals surface area contributed by atoms with E-state index in [1.54, 1.807) is 11.3 Å². The lowest BCUT2D eigenvalue weighted by molar-refractivity contribution is 0.839. The highest BCUT2D eigenvalue weighted by molar-refractivity contribution is 7.16. The van der Waals surface area contributed by atoms with Gasteiger partial charge in [0.1, 0.15) is 0 Å². The Bertz CT molecular complexity index is 915. The molecule has 1 heterocycles. The fraction of sp³-hybridized carbons (Fsp3) is 0.167. The molecule has 3 aromatic rings. The zero-order valence-corrected chi connectivity index (χ0v) is 13.9. The average molecular weight is 309 g/mol. The Hall–Kier alpha value is -2.33. The van der Waals surface area contributed by atoms with Crippen LogP contribution in [0.1, 0.15) is 16.7 Å². The van der Waals surface area contributed by atoms with E-state index < -0.39 is 0 Å². The molecule has 0 saturated carbocycles. The van der Waals surface area contributed by atoms with Crippen LogP contribution in [0.15, 0.2) is 54.1 Å². The summed E-state index contributed by atoms with van der Waals surface area (Å²) in [6.45, 7) is 8.30. The topological polar surface area (TPSA) is 29.3 Å². The number of nitrogens with one attached hydrogen (secondary N) is 1. The van der Waals surface area contributed by atoms with E-state index in [4.69, 9.17) is 0 Å². The number of hydrogen-bond acceptors (Lipinski definition) is 3. The standard InChI is InChI=1S/C18H19N3S/c1-12-9-10-15(11-13(12)2)14(3)19-20-18-21(4)16-7-5-6-8-17(16)22-18/h5-11,19H,3H2,1-2,4H3/b20-18-. The van der Waals surface area contributed by atoms with Crippen molar-refractivity contribution in [3.05, 3.63) is 70.5 Å². The summed E-state index contributed by atoms with van der Waals surface area (Å²) < 4.78 is 3.31. The van der Waals surface area contributed by atoms with E-state index in [0.717, 1.165) is 16.1 Å². The van der Waals surface area contributed by atoms with Crippen LogP contribution in [0.2, 0.25) is 0 Å². The van der Waals surface area contributed by atoms with Crippen molar-refractivity contribution in [2.45, 2.75) is 13.8 Å². The first kappa shape index (κ1) is 14.6. The summed E-state index contributed by atoms with van der Waals surface area (Å²) in [4.78, 5) is 0.922. The maximum absolute atomic E-state index is 4.50. The predicted molar refractivity (Wildman–Crippen MR) is 94.4 cm³/mol. The molecule has 0 radical (unpaired) electrons. The maximum atomic E-state index is 4.50. The molecule has 1 aromatic heterocycles. The third-order valence-electron chi connectivity index (χ3n) is 3.86. The van der Waals surface area contributed by atoms with Crippen molar-refractivity contribution in [3.63, 3.8) is 0 Å². The Kier molecular flexibility index (Phi) is 3.86. The Morgan fingerprint density at radius 3 is 2.64 bits per heavy atom. The van der Waals surface area contributed by atoms with Crippen molar-refractivity contribution in [2.24, 2.45) is 12.1 Å². The van der Waals surface area contributed by atoms with Crippen LogP contribution in [-0.2, 0) is 7.05 Å². The number of aromatic nitrogens is 1. The van der Waals surface area contributed by atoms with Gasteiger partial charge in [-0.15, -0.1) is 5.10 Å². The van der Waals surface area contributed by atoms with Crippen LogP contribution in [0.5, 0.6) is 0 Å². The molecule has 0 saturated heterocycles. The molecule has 4 heteroatoms. The van der Waals surface area contributed by atoms with Crippen LogP contribution in [0.4, 0.5) is 0 Å². The van der Waals surface area contributed by atoms with Crippen LogP contribution in [0, 0.1) is 13.8 Å². The lowest BCUT2D eigenvalue weighted by Gasteiger charge is -2.07. The van der Waals surface area contributed by atoms with Gasteiger partial charge in [-0.3, -0.25) is 5.43 Å². The highest BCUT2D eigenvalue weighted by Crippen LogP contribution is 2.16. The quantitative estimate of drug-likeness (QED) is 0.730. The molecule has 0 unspecified atom stereocenters. The third-order valence-corrected chi connectivity index (χ3v) is 4.97. The summed E-state index contributed by atoms with van der Waals surface area (Å²) in [6, 6.07) is 14.6. The number of thiazole rings is 1. The summed E-state index contributed by atoms with van der Waals surface area (Å²) in [5.41, 5.74) is 8.68. The molecule has 0 aliphatic heterocycles. The molecule has 0 amide bonds. The highest BCUT2D eigenvalue weighted by Gasteiger charge is 2.03. The number of para-hydroxylation sites is 1. The number of fused-ring (bicyclic) bond motifs is 1. The molecular weight excluding hydrogens is 290 g/mol. The minimum Gasteiger partial charge on any atom is -0.318 e. The van der Waals surface area contributed by atoms with Gasteiger partial charge >= 0.3 is 0 Å². The van der Waals surface area contributed by atoms with Gasteiger partial charge in [0.15, 0.2) is 0 Å². The maximum Gasteiger partial charge on any atom is 0.208 e. The normalized spacial score (nSPS) is 11.9. The number of nitrogens with zero attached hydrogens (tertiary/aromatic N) is 2. The van der Waals surface area contributed by atoms with Crippen LogP contribution in [0.3, 0.4) is 0 Å². The minimum atomic E-state index is 0.806. The smallest absolute Gasteiger partial charge is 0.208 e. The fourth-order valence-corrected chi connectivity index (χ4v) is 3.28. The summed E-state index contributed by atoms with van der Waals surface area (Å²) >= 11 is 1.66. The third kappa shape index (κ3) is 2.70. The van der Waals surface area contributed by atoms with E-state index in [1.807, 2.05) is 19.2 Å². The first-order valence-corrected chi connectivity index (χ1v) is 7.99. The van der Waals surface area contributed by atoms with E-state index in [-0.39, 0.29) is 0 Å². The van der Waals surface area contributed by atoms with E-state index >= 15 is 0 Å². The average Bonchev–Trinajstić information content (AvgIpc) is 2.84. The zero-order chi connectivity index (χ0) is 15.7. The Morgan fingerprint density at radius 2 is 1.91 bits per heavy atom. The summed E-state index contributed by atoms with van der Waals surface area (Å²) in [5.74, 6) is 0. The van der Waals surface area contributed by atoms with Crippen molar-refractivity contribution < 1.29 is 0 Å². The summed E-state index contributed by atoms with van der Waals surface area (Å²) in [5, 5.41) is 4.50. The SMILES string of the molecule is C=C(N/N=c1\sc2ccccc2n1C)c1ccc(C)c(C)c1. The molecule has 112 valence electrons. The van der Waals surface area contributed by atoms with Gasteiger partial charge in [-0.25, -0.2) is 0 Å². The molecule has 3 rings (SSSR count). The highest BCUT2D eigenvalue weighted by atomic mass is 32.1. The molecule has 0 bridgehead atoms. The Labute approximate surface area is 134 Å². The van der Waals surface area contributed by atoms with Crippen LogP contribution < -0.4 is 10.2 Å². The number of aryl methyl sites for hydroxylation is 3. The zero-order valence-electron chi connectivity index (χ0n) is 13.1. The molecule has 0 aliphatic rings. The molecule has 3 nitrogen and oxygen atoms in total. The van der Waals surface area contributed by atoms with Crippen molar-refractivity contribution in [3.8, 4) is 0 Å². The largest absolute Gasteiger partial charge is 0.318 e.